The maximum absolute atomic E-state index is 12.7. The number of hydrogen-bond donors (Lipinski definition) is 1. The molecule has 1 N–H and O–H groups in total. The minimum absolute atomic E-state index is 0.0841. The van der Waals surface area contributed by atoms with Gasteiger partial charge in [0.2, 0.25) is 15.9 Å². The molecule has 7 heteroatoms. The van der Waals surface area contributed by atoms with Crippen LogP contribution in [-0.2, 0) is 14.8 Å². The average molecular weight is 380 g/mol. The van der Waals surface area contributed by atoms with E-state index >= 15 is 0 Å². The van der Waals surface area contributed by atoms with Crippen molar-refractivity contribution in [2.24, 2.45) is 5.92 Å². The first-order valence-corrected chi connectivity index (χ1v) is 10.9. The van der Waals surface area contributed by atoms with Gasteiger partial charge in [-0.25, -0.2) is 8.42 Å². The summed E-state index contributed by atoms with van der Waals surface area (Å²) in [5.41, 5.74) is 1.04. The molecule has 0 spiro atoms. The van der Waals surface area contributed by atoms with Crippen molar-refractivity contribution in [1.82, 2.24) is 14.5 Å². The van der Waals surface area contributed by atoms with Gasteiger partial charge in [-0.3, -0.25) is 4.79 Å². The lowest BCUT2D eigenvalue weighted by atomic mass is 9.96. The lowest BCUT2D eigenvalue weighted by molar-refractivity contribution is -0.127. The Balaban J connectivity index is 1.53. The Morgan fingerprint density at radius 1 is 1.00 bits per heavy atom. The topological polar surface area (TPSA) is 69.7 Å². The third-order valence-corrected chi connectivity index (χ3v) is 7.46. The summed E-state index contributed by atoms with van der Waals surface area (Å²) < 4.78 is 27.0. The van der Waals surface area contributed by atoms with E-state index in [9.17, 15) is 13.2 Å². The van der Waals surface area contributed by atoms with Crippen LogP contribution in [0.2, 0.25) is 0 Å². The molecule has 2 saturated heterocycles. The quantitative estimate of drug-likeness (QED) is 0.863. The number of rotatable bonds is 4. The summed E-state index contributed by atoms with van der Waals surface area (Å²) in [6.45, 7) is 4.77. The van der Waals surface area contributed by atoms with Crippen molar-refractivity contribution in [2.75, 3.05) is 33.2 Å². The molecule has 3 rings (SSSR count). The van der Waals surface area contributed by atoms with Gasteiger partial charge in [0.15, 0.2) is 0 Å². The minimum atomic E-state index is -3.47. The number of benzene rings is 1. The van der Waals surface area contributed by atoms with Crippen molar-refractivity contribution in [3.8, 4) is 0 Å². The van der Waals surface area contributed by atoms with Crippen molar-refractivity contribution in [1.29, 1.82) is 0 Å². The van der Waals surface area contributed by atoms with Gasteiger partial charge in [-0.05, 0) is 64.9 Å². The first-order valence-electron chi connectivity index (χ1n) is 9.42. The predicted molar refractivity (Wildman–Crippen MR) is 101 cm³/mol. The summed E-state index contributed by atoms with van der Waals surface area (Å²) in [5, 5.41) is 3.17. The van der Waals surface area contributed by atoms with Crippen LogP contribution in [0.3, 0.4) is 0 Å². The summed E-state index contributed by atoms with van der Waals surface area (Å²) in [4.78, 5) is 15.1. The van der Waals surface area contributed by atoms with Crippen LogP contribution in [0.25, 0.3) is 0 Å². The normalized spacial score (nSPS) is 21.6. The number of aryl methyl sites for hydroxylation is 1. The van der Waals surface area contributed by atoms with Crippen molar-refractivity contribution < 1.29 is 13.2 Å². The predicted octanol–water partition coefficient (Wildman–Crippen LogP) is 1.61. The van der Waals surface area contributed by atoms with Gasteiger partial charge in [-0.15, -0.1) is 0 Å². The van der Waals surface area contributed by atoms with E-state index in [1.54, 1.807) is 12.1 Å². The highest BCUT2D eigenvalue weighted by Gasteiger charge is 2.32. The van der Waals surface area contributed by atoms with Crippen molar-refractivity contribution in [3.63, 3.8) is 0 Å². The summed E-state index contributed by atoms with van der Waals surface area (Å²) in [7, 11) is -1.37. The van der Waals surface area contributed by atoms with E-state index in [0.717, 1.165) is 31.5 Å². The molecule has 6 nitrogen and oxygen atoms in total. The smallest absolute Gasteiger partial charge is 0.243 e. The van der Waals surface area contributed by atoms with E-state index in [-0.39, 0.29) is 17.9 Å². The molecule has 2 heterocycles. The summed E-state index contributed by atoms with van der Waals surface area (Å²) in [6.07, 6.45) is 3.15. The van der Waals surface area contributed by atoms with Crippen LogP contribution in [-0.4, -0.2) is 62.8 Å². The molecule has 0 unspecified atom stereocenters. The van der Waals surface area contributed by atoms with Crippen LogP contribution in [0, 0.1) is 12.8 Å². The van der Waals surface area contributed by atoms with Crippen LogP contribution >= 0.6 is 0 Å². The summed E-state index contributed by atoms with van der Waals surface area (Å²) in [5.74, 6) is 0.00561. The standard InChI is InChI=1S/C19H29N3O3S/c1-15-3-5-18(6-4-15)26(24,25)22-13-7-16(8-14-22)19(23)20-17-9-11-21(2)12-10-17/h3-6,16-17H,7-14H2,1-2H3,(H,20,23). The highest BCUT2D eigenvalue weighted by molar-refractivity contribution is 7.89. The molecule has 0 saturated carbocycles. The number of nitrogens with one attached hydrogen (secondary N) is 1. The number of nitrogens with zero attached hydrogens (tertiary/aromatic N) is 2. The molecule has 0 bridgehead atoms. The molecule has 26 heavy (non-hydrogen) atoms. The van der Waals surface area contributed by atoms with Gasteiger partial charge >= 0.3 is 0 Å². The highest BCUT2D eigenvalue weighted by Crippen LogP contribution is 2.24. The lowest BCUT2D eigenvalue weighted by Crippen LogP contribution is -2.48. The number of hydrogen-bond acceptors (Lipinski definition) is 4. The molecule has 0 aliphatic carbocycles. The monoisotopic (exact) mass is 379 g/mol. The van der Waals surface area contributed by atoms with Crippen LogP contribution < -0.4 is 5.32 Å². The Kier molecular flexibility index (Phi) is 5.99. The number of likely N-dealkylation sites (tertiary alicyclic amines) is 1. The second-order valence-electron chi connectivity index (χ2n) is 7.58. The van der Waals surface area contributed by atoms with Crippen LogP contribution in [0.5, 0.6) is 0 Å². The summed E-state index contributed by atoms with van der Waals surface area (Å²) >= 11 is 0. The molecule has 0 aromatic heterocycles. The van der Waals surface area contributed by atoms with Gasteiger partial charge in [0.1, 0.15) is 0 Å². The molecule has 144 valence electrons. The number of sulfonamides is 1. The zero-order chi connectivity index (χ0) is 18.7. The van der Waals surface area contributed by atoms with Crippen LogP contribution in [0.1, 0.15) is 31.2 Å². The molecule has 2 aliphatic rings. The molecular weight excluding hydrogens is 350 g/mol. The number of amides is 1. The maximum atomic E-state index is 12.7. The zero-order valence-corrected chi connectivity index (χ0v) is 16.5. The SMILES string of the molecule is Cc1ccc(S(=O)(=O)N2CCC(C(=O)NC3CCN(C)CC3)CC2)cc1. The average Bonchev–Trinajstić information content (AvgIpc) is 2.64. The Hall–Kier alpha value is -1.44. The molecular formula is C19H29N3O3S. The van der Waals surface area contributed by atoms with E-state index in [4.69, 9.17) is 0 Å². The number of carbonyl (C=O) groups is 1. The Morgan fingerprint density at radius 2 is 1.58 bits per heavy atom. The fraction of sp³-hybridized carbons (Fsp3) is 0.632. The van der Waals surface area contributed by atoms with E-state index < -0.39 is 10.0 Å². The number of piperidine rings is 2. The second-order valence-corrected chi connectivity index (χ2v) is 9.52. The Morgan fingerprint density at radius 3 is 2.15 bits per heavy atom. The lowest BCUT2D eigenvalue weighted by Gasteiger charge is -2.33. The van der Waals surface area contributed by atoms with Gasteiger partial charge in [0, 0.05) is 25.0 Å². The fourth-order valence-electron chi connectivity index (χ4n) is 3.69. The van der Waals surface area contributed by atoms with E-state index in [2.05, 4.69) is 17.3 Å². The fourth-order valence-corrected chi connectivity index (χ4v) is 5.16. The molecule has 2 fully saturated rings. The van der Waals surface area contributed by atoms with Crippen molar-refractivity contribution >= 4 is 15.9 Å². The molecule has 1 aromatic rings. The first kappa shape index (κ1) is 19.3. The van der Waals surface area contributed by atoms with E-state index in [1.807, 2.05) is 19.1 Å². The van der Waals surface area contributed by atoms with Crippen LogP contribution in [0.4, 0.5) is 0 Å². The molecule has 0 radical (unpaired) electrons. The zero-order valence-electron chi connectivity index (χ0n) is 15.6. The molecule has 2 aliphatic heterocycles. The largest absolute Gasteiger partial charge is 0.353 e. The van der Waals surface area contributed by atoms with Crippen LogP contribution in [0.15, 0.2) is 29.2 Å². The maximum Gasteiger partial charge on any atom is 0.243 e. The third kappa shape index (κ3) is 4.45. The minimum Gasteiger partial charge on any atom is -0.353 e. The highest BCUT2D eigenvalue weighted by atomic mass is 32.2. The summed E-state index contributed by atoms with van der Waals surface area (Å²) in [6, 6.07) is 7.20. The van der Waals surface area contributed by atoms with Crippen molar-refractivity contribution in [3.05, 3.63) is 29.8 Å². The van der Waals surface area contributed by atoms with Crippen molar-refractivity contribution in [2.45, 2.75) is 43.5 Å². The number of carbonyl (C=O) groups excluding carboxylic acids is 1. The van der Waals surface area contributed by atoms with Gasteiger partial charge in [0.25, 0.3) is 0 Å². The first-order chi connectivity index (χ1) is 12.4. The van der Waals surface area contributed by atoms with E-state index in [0.29, 0.717) is 30.8 Å². The third-order valence-electron chi connectivity index (χ3n) is 5.55. The molecule has 1 amide bonds. The van der Waals surface area contributed by atoms with E-state index in [1.165, 1.54) is 4.31 Å². The Labute approximate surface area is 156 Å². The second kappa shape index (κ2) is 8.06. The molecule has 0 atom stereocenters. The van der Waals surface area contributed by atoms with Gasteiger partial charge in [-0.2, -0.15) is 4.31 Å². The Bertz CT molecular complexity index is 717. The molecule has 1 aromatic carbocycles. The van der Waals surface area contributed by atoms with Gasteiger partial charge in [0.05, 0.1) is 4.90 Å². The van der Waals surface area contributed by atoms with Gasteiger partial charge in [-0.1, -0.05) is 17.7 Å². The van der Waals surface area contributed by atoms with Gasteiger partial charge < -0.3 is 10.2 Å².